The van der Waals surface area contributed by atoms with Crippen LogP contribution in [0.5, 0.6) is 17.2 Å². The SMILES string of the molecule is COc1ccc(OC)c(NC(=O)CN2C(=O)COc3ccc(S(=O)(=O)NC4CCCC4)cc32)c1. The highest BCUT2D eigenvalue weighted by molar-refractivity contribution is 7.89. The Hall–Kier alpha value is -3.31. The van der Waals surface area contributed by atoms with Crippen molar-refractivity contribution in [2.45, 2.75) is 36.6 Å². The van der Waals surface area contributed by atoms with Crippen LogP contribution in [-0.4, -0.2) is 53.6 Å². The van der Waals surface area contributed by atoms with Crippen molar-refractivity contribution < 1.29 is 32.2 Å². The summed E-state index contributed by atoms with van der Waals surface area (Å²) >= 11 is 0. The van der Waals surface area contributed by atoms with Crippen molar-refractivity contribution in [3.05, 3.63) is 36.4 Å². The van der Waals surface area contributed by atoms with Crippen molar-refractivity contribution in [3.8, 4) is 17.2 Å². The number of sulfonamides is 1. The van der Waals surface area contributed by atoms with Gasteiger partial charge in [0.25, 0.3) is 5.91 Å². The van der Waals surface area contributed by atoms with Crippen molar-refractivity contribution in [2.75, 3.05) is 37.6 Å². The smallest absolute Gasteiger partial charge is 0.265 e. The summed E-state index contributed by atoms with van der Waals surface area (Å²) in [6, 6.07) is 9.15. The lowest BCUT2D eigenvalue weighted by atomic mass is 10.2. The summed E-state index contributed by atoms with van der Waals surface area (Å²) < 4.78 is 44.4. The number of carbonyl (C=O) groups is 2. The largest absolute Gasteiger partial charge is 0.497 e. The summed E-state index contributed by atoms with van der Waals surface area (Å²) in [7, 11) is -0.809. The number of nitrogens with one attached hydrogen (secondary N) is 2. The van der Waals surface area contributed by atoms with Crippen LogP contribution >= 0.6 is 0 Å². The topological polar surface area (TPSA) is 123 Å². The maximum absolute atomic E-state index is 12.9. The third kappa shape index (κ3) is 5.10. The number of ether oxygens (including phenoxy) is 3. The summed E-state index contributed by atoms with van der Waals surface area (Å²) in [6.45, 7) is -0.593. The molecule has 0 aromatic heterocycles. The predicted octanol–water partition coefficient (Wildman–Crippen LogP) is 2.29. The molecule has 1 aliphatic heterocycles. The fourth-order valence-electron chi connectivity index (χ4n) is 4.10. The van der Waals surface area contributed by atoms with Gasteiger partial charge >= 0.3 is 0 Å². The van der Waals surface area contributed by atoms with E-state index in [0.717, 1.165) is 25.7 Å². The Bertz CT molecular complexity index is 1190. The second kappa shape index (κ2) is 9.90. The molecule has 0 spiro atoms. The van der Waals surface area contributed by atoms with E-state index in [9.17, 15) is 18.0 Å². The van der Waals surface area contributed by atoms with Crippen LogP contribution in [0.15, 0.2) is 41.3 Å². The van der Waals surface area contributed by atoms with E-state index in [2.05, 4.69) is 10.0 Å². The van der Waals surface area contributed by atoms with Crippen LogP contribution in [0.4, 0.5) is 11.4 Å². The van der Waals surface area contributed by atoms with E-state index in [1.54, 1.807) is 18.2 Å². The molecule has 2 amide bonds. The van der Waals surface area contributed by atoms with Crippen LogP contribution in [0.25, 0.3) is 0 Å². The first-order chi connectivity index (χ1) is 16.3. The molecule has 0 atom stereocenters. The number of hydrogen-bond acceptors (Lipinski definition) is 7. The highest BCUT2D eigenvalue weighted by Crippen LogP contribution is 2.35. The minimum Gasteiger partial charge on any atom is -0.497 e. The van der Waals surface area contributed by atoms with E-state index >= 15 is 0 Å². The van der Waals surface area contributed by atoms with E-state index < -0.39 is 21.8 Å². The van der Waals surface area contributed by atoms with Gasteiger partial charge in [-0.1, -0.05) is 12.8 Å². The number of nitrogens with zero attached hydrogens (tertiary/aromatic N) is 1. The fraction of sp³-hybridized carbons (Fsp3) is 0.391. The first-order valence-electron chi connectivity index (χ1n) is 10.9. The Labute approximate surface area is 198 Å². The maximum Gasteiger partial charge on any atom is 0.265 e. The van der Waals surface area contributed by atoms with Gasteiger partial charge in [0.15, 0.2) is 6.61 Å². The molecular weight excluding hydrogens is 462 g/mol. The van der Waals surface area contributed by atoms with Gasteiger partial charge < -0.3 is 19.5 Å². The molecule has 11 heteroatoms. The fourth-order valence-corrected chi connectivity index (χ4v) is 5.42. The third-order valence-corrected chi connectivity index (χ3v) is 7.36. The number of benzene rings is 2. The van der Waals surface area contributed by atoms with Crippen molar-refractivity contribution in [1.29, 1.82) is 0 Å². The lowest BCUT2D eigenvalue weighted by molar-refractivity contribution is -0.123. The van der Waals surface area contributed by atoms with E-state index in [0.29, 0.717) is 22.9 Å². The van der Waals surface area contributed by atoms with Gasteiger partial charge in [0, 0.05) is 12.1 Å². The summed E-state index contributed by atoms with van der Waals surface area (Å²) in [6.07, 6.45) is 3.57. The van der Waals surface area contributed by atoms with Crippen LogP contribution in [0.1, 0.15) is 25.7 Å². The highest BCUT2D eigenvalue weighted by atomic mass is 32.2. The Balaban J connectivity index is 1.56. The van der Waals surface area contributed by atoms with Crippen molar-refractivity contribution in [3.63, 3.8) is 0 Å². The van der Waals surface area contributed by atoms with Gasteiger partial charge in [0.2, 0.25) is 15.9 Å². The van der Waals surface area contributed by atoms with Gasteiger partial charge in [0.05, 0.1) is 30.5 Å². The normalized spacial score (nSPS) is 16.1. The molecule has 0 bridgehead atoms. The molecule has 2 aromatic carbocycles. The van der Waals surface area contributed by atoms with Crippen LogP contribution in [0.2, 0.25) is 0 Å². The predicted molar refractivity (Wildman–Crippen MR) is 125 cm³/mol. The van der Waals surface area contributed by atoms with Crippen molar-refractivity contribution in [2.24, 2.45) is 0 Å². The molecule has 1 fully saturated rings. The van der Waals surface area contributed by atoms with Crippen LogP contribution in [0, 0.1) is 0 Å². The molecule has 0 radical (unpaired) electrons. The molecule has 0 saturated heterocycles. The number of fused-ring (bicyclic) bond motifs is 1. The first-order valence-corrected chi connectivity index (χ1v) is 12.4. The molecule has 0 unspecified atom stereocenters. The minimum atomic E-state index is -3.79. The zero-order chi connectivity index (χ0) is 24.3. The summed E-state index contributed by atoms with van der Waals surface area (Å²) in [4.78, 5) is 26.7. The number of hydrogen-bond donors (Lipinski definition) is 2. The quantitative estimate of drug-likeness (QED) is 0.583. The van der Waals surface area contributed by atoms with Gasteiger partial charge in [-0.15, -0.1) is 0 Å². The summed E-state index contributed by atoms with van der Waals surface area (Å²) in [5, 5.41) is 2.72. The number of methoxy groups -OCH3 is 2. The standard InChI is InChI=1S/C23H27N3O7S/c1-31-16-7-9-20(32-2)18(11-16)24-22(27)13-26-19-12-17(8-10-21(19)33-14-23(26)28)34(29,30)25-15-5-3-4-6-15/h7-12,15,25H,3-6,13-14H2,1-2H3,(H,24,27). The molecule has 182 valence electrons. The lowest BCUT2D eigenvalue weighted by Gasteiger charge is -2.29. The number of amides is 2. The number of anilines is 2. The van der Waals surface area contributed by atoms with Crippen LogP contribution < -0.4 is 29.1 Å². The van der Waals surface area contributed by atoms with Crippen LogP contribution in [0.3, 0.4) is 0 Å². The highest BCUT2D eigenvalue weighted by Gasteiger charge is 2.30. The average molecular weight is 490 g/mol. The number of rotatable bonds is 8. The van der Waals surface area contributed by atoms with Gasteiger partial charge in [-0.05, 0) is 43.2 Å². The van der Waals surface area contributed by atoms with Gasteiger partial charge in [-0.25, -0.2) is 13.1 Å². The van der Waals surface area contributed by atoms with E-state index in [1.807, 2.05) is 0 Å². The van der Waals surface area contributed by atoms with E-state index in [1.165, 1.54) is 37.3 Å². The molecule has 4 rings (SSSR count). The van der Waals surface area contributed by atoms with E-state index in [4.69, 9.17) is 14.2 Å². The molecule has 1 aliphatic carbocycles. The lowest BCUT2D eigenvalue weighted by Crippen LogP contribution is -2.43. The minimum absolute atomic E-state index is 0.0105. The second-order valence-corrected chi connectivity index (χ2v) is 9.83. The van der Waals surface area contributed by atoms with Gasteiger partial charge in [-0.2, -0.15) is 0 Å². The molecule has 2 aromatic rings. The van der Waals surface area contributed by atoms with Gasteiger partial charge in [0.1, 0.15) is 23.8 Å². The molecule has 34 heavy (non-hydrogen) atoms. The van der Waals surface area contributed by atoms with Crippen LogP contribution in [-0.2, 0) is 19.6 Å². The molecule has 1 heterocycles. The molecule has 2 N–H and O–H groups in total. The number of carbonyl (C=O) groups excluding carboxylic acids is 2. The van der Waals surface area contributed by atoms with Crippen molar-refractivity contribution in [1.82, 2.24) is 4.72 Å². The zero-order valence-corrected chi connectivity index (χ0v) is 19.8. The van der Waals surface area contributed by atoms with Crippen molar-refractivity contribution >= 4 is 33.2 Å². The molecule has 1 saturated carbocycles. The third-order valence-electron chi connectivity index (χ3n) is 5.84. The second-order valence-electron chi connectivity index (χ2n) is 8.12. The summed E-state index contributed by atoms with van der Waals surface area (Å²) in [5.41, 5.74) is 0.600. The monoisotopic (exact) mass is 489 g/mol. The Morgan fingerprint density at radius 1 is 1.12 bits per heavy atom. The Morgan fingerprint density at radius 3 is 2.59 bits per heavy atom. The average Bonchev–Trinajstić information content (AvgIpc) is 3.32. The summed E-state index contributed by atoms with van der Waals surface area (Å²) in [5.74, 6) is 0.317. The van der Waals surface area contributed by atoms with Gasteiger partial charge in [-0.3, -0.25) is 14.5 Å². The zero-order valence-electron chi connectivity index (χ0n) is 19.0. The first kappa shape index (κ1) is 23.8. The molecular formula is C23H27N3O7S. The Kier molecular flexibility index (Phi) is 6.94. The maximum atomic E-state index is 12.9. The molecule has 10 nitrogen and oxygen atoms in total. The van der Waals surface area contributed by atoms with E-state index in [-0.39, 0.29) is 29.8 Å². The Morgan fingerprint density at radius 2 is 1.88 bits per heavy atom. The molecule has 2 aliphatic rings.